The van der Waals surface area contributed by atoms with Crippen LogP contribution in [0.2, 0.25) is 0 Å². The Hall–Kier alpha value is -0.0800. The third-order valence-electron chi connectivity index (χ3n) is 1.55. The van der Waals surface area contributed by atoms with Crippen LogP contribution >= 0.6 is 0 Å². The smallest absolute Gasteiger partial charge is 0.147 e. The lowest BCUT2D eigenvalue weighted by Crippen LogP contribution is -2.18. The summed E-state index contributed by atoms with van der Waals surface area (Å²) in [4.78, 5) is 0. The van der Waals surface area contributed by atoms with Gasteiger partial charge in [-0.1, -0.05) is 27.7 Å². The molecule has 0 saturated heterocycles. The molecule has 0 spiro atoms. The first kappa shape index (κ1) is 11.9. The van der Waals surface area contributed by atoms with Crippen molar-refractivity contribution >= 4 is 0 Å². The first-order chi connectivity index (χ1) is 5.45. The molecule has 0 fully saturated rings. The average Bonchev–Trinajstić information content (AvgIpc) is 1.96. The molecule has 0 heterocycles. The second-order valence-corrected chi connectivity index (χ2v) is 4.41. The summed E-state index contributed by atoms with van der Waals surface area (Å²) in [7, 11) is 0. The molecule has 0 aromatic rings. The van der Waals surface area contributed by atoms with E-state index >= 15 is 0 Å². The van der Waals surface area contributed by atoms with E-state index in [4.69, 9.17) is 9.47 Å². The van der Waals surface area contributed by atoms with Gasteiger partial charge in [-0.25, -0.2) is 0 Å². The SMILES string of the molecule is CCC(C)OCOCC(C)(C)C. The van der Waals surface area contributed by atoms with Crippen molar-refractivity contribution in [1.82, 2.24) is 0 Å². The summed E-state index contributed by atoms with van der Waals surface area (Å²) in [6.07, 6.45) is 1.35. The van der Waals surface area contributed by atoms with Gasteiger partial charge in [0.2, 0.25) is 0 Å². The predicted molar refractivity (Wildman–Crippen MR) is 51.1 cm³/mol. The molecule has 1 unspecified atom stereocenters. The van der Waals surface area contributed by atoms with Crippen molar-refractivity contribution in [1.29, 1.82) is 0 Å². The second kappa shape index (κ2) is 5.55. The molecule has 0 aliphatic rings. The van der Waals surface area contributed by atoms with Crippen LogP contribution in [0, 0.1) is 5.41 Å². The maximum Gasteiger partial charge on any atom is 0.147 e. The largest absolute Gasteiger partial charge is 0.355 e. The third-order valence-corrected chi connectivity index (χ3v) is 1.55. The summed E-state index contributed by atoms with van der Waals surface area (Å²) in [5.74, 6) is 0. The Balaban J connectivity index is 3.22. The molecule has 0 saturated carbocycles. The normalized spacial score (nSPS) is 14.8. The molecule has 0 bridgehead atoms. The van der Waals surface area contributed by atoms with E-state index in [1.165, 1.54) is 0 Å². The molecule has 0 aliphatic heterocycles. The van der Waals surface area contributed by atoms with E-state index in [-0.39, 0.29) is 5.41 Å². The Bertz CT molecular complexity index is 105. The summed E-state index contributed by atoms with van der Waals surface area (Å²) >= 11 is 0. The zero-order valence-electron chi connectivity index (χ0n) is 9.02. The van der Waals surface area contributed by atoms with Crippen molar-refractivity contribution in [2.24, 2.45) is 5.41 Å². The second-order valence-electron chi connectivity index (χ2n) is 4.41. The Morgan fingerprint density at radius 1 is 1.25 bits per heavy atom. The van der Waals surface area contributed by atoms with Gasteiger partial charge in [0.15, 0.2) is 0 Å². The molecule has 0 aromatic heterocycles. The third kappa shape index (κ3) is 8.02. The van der Waals surface area contributed by atoms with Crippen LogP contribution in [0.15, 0.2) is 0 Å². The molecule has 1 atom stereocenters. The van der Waals surface area contributed by atoms with E-state index in [0.717, 1.165) is 13.0 Å². The van der Waals surface area contributed by atoms with Crippen LogP contribution in [-0.4, -0.2) is 19.5 Å². The van der Waals surface area contributed by atoms with E-state index in [9.17, 15) is 0 Å². The molecular weight excluding hydrogens is 152 g/mol. The fourth-order valence-corrected chi connectivity index (χ4v) is 0.630. The van der Waals surface area contributed by atoms with Gasteiger partial charge in [0.1, 0.15) is 6.79 Å². The lowest BCUT2D eigenvalue weighted by molar-refractivity contribution is -0.100. The van der Waals surface area contributed by atoms with Crippen LogP contribution in [0.1, 0.15) is 41.0 Å². The minimum atomic E-state index is 0.235. The molecule has 0 rings (SSSR count). The Morgan fingerprint density at radius 3 is 2.25 bits per heavy atom. The molecule has 0 amide bonds. The van der Waals surface area contributed by atoms with Gasteiger partial charge in [-0.15, -0.1) is 0 Å². The maximum atomic E-state index is 5.36. The minimum absolute atomic E-state index is 0.235. The van der Waals surface area contributed by atoms with Crippen LogP contribution in [0.5, 0.6) is 0 Å². The molecule has 12 heavy (non-hydrogen) atoms. The molecule has 2 heteroatoms. The van der Waals surface area contributed by atoms with Gasteiger partial charge in [0.25, 0.3) is 0 Å². The molecule has 0 aliphatic carbocycles. The first-order valence-corrected chi connectivity index (χ1v) is 4.65. The highest BCUT2D eigenvalue weighted by Crippen LogP contribution is 2.12. The zero-order valence-corrected chi connectivity index (χ0v) is 9.02. The summed E-state index contributed by atoms with van der Waals surface area (Å²) in [5.41, 5.74) is 0.235. The van der Waals surface area contributed by atoms with Crippen LogP contribution in [0.4, 0.5) is 0 Å². The number of hydrogen-bond acceptors (Lipinski definition) is 2. The summed E-state index contributed by atoms with van der Waals surface area (Å²) in [6, 6.07) is 0. The van der Waals surface area contributed by atoms with E-state index in [1.54, 1.807) is 0 Å². The highest BCUT2D eigenvalue weighted by molar-refractivity contribution is 4.58. The van der Waals surface area contributed by atoms with Crippen molar-refractivity contribution in [3.05, 3.63) is 0 Å². The minimum Gasteiger partial charge on any atom is -0.355 e. The van der Waals surface area contributed by atoms with Gasteiger partial charge < -0.3 is 9.47 Å². The zero-order chi connectivity index (χ0) is 9.61. The highest BCUT2D eigenvalue weighted by atomic mass is 16.7. The van der Waals surface area contributed by atoms with E-state index < -0.39 is 0 Å². The molecular formula is C10H22O2. The Morgan fingerprint density at radius 2 is 1.83 bits per heavy atom. The topological polar surface area (TPSA) is 18.5 Å². The number of rotatable bonds is 5. The van der Waals surface area contributed by atoms with E-state index in [1.807, 2.05) is 0 Å². The lowest BCUT2D eigenvalue weighted by Gasteiger charge is -2.19. The van der Waals surface area contributed by atoms with Gasteiger partial charge in [0.05, 0.1) is 12.7 Å². The quantitative estimate of drug-likeness (QED) is 0.471. The van der Waals surface area contributed by atoms with E-state index in [0.29, 0.717) is 12.9 Å². The Labute approximate surface area is 76.3 Å². The van der Waals surface area contributed by atoms with Gasteiger partial charge >= 0.3 is 0 Å². The monoisotopic (exact) mass is 174 g/mol. The van der Waals surface area contributed by atoms with Crippen molar-refractivity contribution in [2.45, 2.75) is 47.1 Å². The molecule has 74 valence electrons. The van der Waals surface area contributed by atoms with Crippen LogP contribution < -0.4 is 0 Å². The molecule has 2 nitrogen and oxygen atoms in total. The molecule has 0 radical (unpaired) electrons. The van der Waals surface area contributed by atoms with Gasteiger partial charge in [-0.2, -0.15) is 0 Å². The standard InChI is InChI=1S/C10H22O2/c1-6-9(2)12-8-11-7-10(3,4)5/h9H,6-8H2,1-5H3. The van der Waals surface area contributed by atoms with Crippen LogP contribution in [-0.2, 0) is 9.47 Å². The summed E-state index contributed by atoms with van der Waals surface area (Å²) in [5, 5.41) is 0. The maximum absolute atomic E-state index is 5.36. The number of hydrogen-bond donors (Lipinski definition) is 0. The van der Waals surface area contributed by atoms with Crippen molar-refractivity contribution < 1.29 is 9.47 Å². The van der Waals surface area contributed by atoms with Crippen LogP contribution in [0.3, 0.4) is 0 Å². The van der Waals surface area contributed by atoms with Gasteiger partial charge in [-0.05, 0) is 18.8 Å². The van der Waals surface area contributed by atoms with Crippen molar-refractivity contribution in [3.8, 4) is 0 Å². The van der Waals surface area contributed by atoms with E-state index in [2.05, 4.69) is 34.6 Å². The van der Waals surface area contributed by atoms with Crippen LogP contribution in [0.25, 0.3) is 0 Å². The van der Waals surface area contributed by atoms with Crippen molar-refractivity contribution in [2.75, 3.05) is 13.4 Å². The first-order valence-electron chi connectivity index (χ1n) is 4.65. The van der Waals surface area contributed by atoms with Gasteiger partial charge in [-0.3, -0.25) is 0 Å². The fourth-order valence-electron chi connectivity index (χ4n) is 0.630. The summed E-state index contributed by atoms with van der Waals surface area (Å²) < 4.78 is 10.7. The lowest BCUT2D eigenvalue weighted by atomic mass is 9.99. The highest BCUT2D eigenvalue weighted by Gasteiger charge is 2.09. The summed E-state index contributed by atoms with van der Waals surface area (Å²) in [6.45, 7) is 11.8. The molecule has 0 aromatic carbocycles. The van der Waals surface area contributed by atoms with Crippen molar-refractivity contribution in [3.63, 3.8) is 0 Å². The van der Waals surface area contributed by atoms with Gasteiger partial charge in [0, 0.05) is 0 Å². The number of ether oxygens (including phenoxy) is 2. The fraction of sp³-hybridized carbons (Fsp3) is 1.00. The predicted octanol–water partition coefficient (Wildman–Crippen LogP) is 2.82. The molecule has 0 N–H and O–H groups in total. The average molecular weight is 174 g/mol. The Kier molecular flexibility index (Phi) is 5.51.